The first-order valence-electron chi connectivity index (χ1n) is 8.54. The van der Waals surface area contributed by atoms with Crippen molar-refractivity contribution < 1.29 is 0 Å². The van der Waals surface area contributed by atoms with Crippen LogP contribution in [0.4, 0.5) is 0 Å². The first kappa shape index (κ1) is 14.2. The lowest BCUT2D eigenvalue weighted by molar-refractivity contribution is 0.145. The maximum Gasteiger partial charge on any atom is 0.0210 e. The number of benzene rings is 1. The lowest BCUT2D eigenvalue weighted by Gasteiger charge is -2.42. The zero-order valence-corrected chi connectivity index (χ0v) is 14.2. The third-order valence-electron chi connectivity index (χ3n) is 5.77. The van der Waals surface area contributed by atoms with Crippen molar-refractivity contribution in [3.05, 3.63) is 34.3 Å². The predicted molar refractivity (Wildman–Crippen MR) is 90.7 cm³/mol. The summed E-state index contributed by atoms with van der Waals surface area (Å²) in [5.41, 5.74) is 1.50. The van der Waals surface area contributed by atoms with E-state index in [0.29, 0.717) is 0 Å². The second-order valence-corrected chi connectivity index (χ2v) is 7.96. The van der Waals surface area contributed by atoms with Crippen LogP contribution >= 0.6 is 15.9 Å². The summed E-state index contributed by atoms with van der Waals surface area (Å²) in [6.07, 6.45) is 8.22. The molecule has 0 radical (unpaired) electrons. The molecule has 1 aromatic rings. The lowest BCUT2D eigenvalue weighted by atomic mass is 9.75. The highest BCUT2D eigenvalue weighted by Gasteiger charge is 2.36. The van der Waals surface area contributed by atoms with Gasteiger partial charge in [-0.3, -0.25) is 0 Å². The second kappa shape index (κ2) is 6.02. The molecule has 3 heteroatoms. The molecular weight excluding hydrogens is 324 g/mol. The second-order valence-electron chi connectivity index (χ2n) is 7.11. The van der Waals surface area contributed by atoms with Crippen molar-refractivity contribution in [3.8, 4) is 0 Å². The van der Waals surface area contributed by atoms with Crippen molar-refractivity contribution in [2.24, 2.45) is 0 Å². The van der Waals surface area contributed by atoms with Gasteiger partial charge in [-0.15, -0.1) is 0 Å². The highest BCUT2D eigenvalue weighted by atomic mass is 79.9. The first-order chi connectivity index (χ1) is 10.3. The third kappa shape index (κ3) is 2.93. The van der Waals surface area contributed by atoms with Crippen molar-refractivity contribution >= 4 is 15.9 Å². The smallest absolute Gasteiger partial charge is 0.0210 e. The summed E-state index contributed by atoms with van der Waals surface area (Å²) in [5.74, 6) is 0.754. The molecule has 1 aliphatic carbocycles. The van der Waals surface area contributed by atoms with E-state index in [-0.39, 0.29) is 0 Å². The van der Waals surface area contributed by atoms with Crippen LogP contribution in [0, 0.1) is 0 Å². The molecule has 1 saturated carbocycles. The molecule has 0 aromatic heterocycles. The summed E-state index contributed by atoms with van der Waals surface area (Å²) >= 11 is 3.69. The summed E-state index contributed by atoms with van der Waals surface area (Å²) in [4.78, 5) is 2.71. The predicted octanol–water partition coefficient (Wildman–Crippen LogP) is 3.91. The molecule has 1 aromatic carbocycles. The van der Waals surface area contributed by atoms with Crippen molar-refractivity contribution in [3.63, 3.8) is 0 Å². The Labute approximate surface area is 136 Å². The highest BCUT2D eigenvalue weighted by Crippen LogP contribution is 2.40. The molecule has 0 amide bonds. The van der Waals surface area contributed by atoms with E-state index in [9.17, 15) is 0 Å². The van der Waals surface area contributed by atoms with E-state index in [1.807, 2.05) is 0 Å². The molecule has 4 rings (SSSR count). The van der Waals surface area contributed by atoms with Gasteiger partial charge in [-0.05, 0) is 69.2 Å². The Kier molecular flexibility index (Phi) is 4.08. The molecule has 0 spiro atoms. The van der Waals surface area contributed by atoms with Gasteiger partial charge in [0.2, 0.25) is 0 Å². The minimum atomic E-state index is 0.750. The van der Waals surface area contributed by atoms with Crippen LogP contribution in [-0.2, 0) is 0 Å². The summed E-state index contributed by atoms with van der Waals surface area (Å²) in [6, 6.07) is 11.1. The zero-order chi connectivity index (χ0) is 14.2. The minimum Gasteiger partial charge on any atom is -0.311 e. The van der Waals surface area contributed by atoms with Gasteiger partial charge in [-0.1, -0.05) is 34.1 Å². The molecule has 3 fully saturated rings. The lowest BCUT2D eigenvalue weighted by Crippen LogP contribution is -2.51. The van der Waals surface area contributed by atoms with Crippen LogP contribution in [0.25, 0.3) is 0 Å². The quantitative estimate of drug-likeness (QED) is 0.890. The van der Waals surface area contributed by atoms with Crippen LogP contribution in [0.15, 0.2) is 28.7 Å². The van der Waals surface area contributed by atoms with Crippen molar-refractivity contribution in [2.75, 3.05) is 13.1 Å². The Bertz CT molecular complexity index is 498. The average molecular weight is 349 g/mol. The Morgan fingerprint density at radius 2 is 1.86 bits per heavy atom. The normalized spacial score (nSPS) is 36.2. The van der Waals surface area contributed by atoms with Gasteiger partial charge in [0.15, 0.2) is 0 Å². The van der Waals surface area contributed by atoms with Crippen LogP contribution in [0.1, 0.15) is 50.0 Å². The summed E-state index contributed by atoms with van der Waals surface area (Å²) < 4.78 is 1.28. The fraction of sp³-hybridized carbons (Fsp3) is 0.667. The molecule has 2 aliphatic heterocycles. The SMILES string of the molecule is Brc1ccccc1C1CC(NC2CCN3CCCC3C2)C1. The average Bonchev–Trinajstić information content (AvgIpc) is 2.91. The van der Waals surface area contributed by atoms with E-state index in [1.165, 1.54) is 61.7 Å². The molecule has 2 unspecified atom stereocenters. The number of nitrogens with zero attached hydrogens (tertiary/aromatic N) is 1. The van der Waals surface area contributed by atoms with Crippen LogP contribution in [-0.4, -0.2) is 36.1 Å². The number of fused-ring (bicyclic) bond motifs is 1. The van der Waals surface area contributed by atoms with Crippen LogP contribution < -0.4 is 5.32 Å². The fourth-order valence-corrected chi connectivity index (χ4v) is 5.13. The number of hydrogen-bond acceptors (Lipinski definition) is 2. The first-order valence-corrected chi connectivity index (χ1v) is 9.33. The molecule has 114 valence electrons. The van der Waals surface area contributed by atoms with Gasteiger partial charge < -0.3 is 10.2 Å². The highest BCUT2D eigenvalue weighted by molar-refractivity contribution is 9.10. The summed E-state index contributed by atoms with van der Waals surface area (Å²) in [6.45, 7) is 2.67. The van der Waals surface area contributed by atoms with E-state index < -0.39 is 0 Å². The van der Waals surface area contributed by atoms with Crippen LogP contribution in [0.2, 0.25) is 0 Å². The maximum absolute atomic E-state index is 3.95. The molecule has 2 saturated heterocycles. The number of rotatable bonds is 3. The van der Waals surface area contributed by atoms with Gasteiger partial charge in [0.05, 0.1) is 0 Å². The molecule has 1 N–H and O–H groups in total. The molecule has 2 nitrogen and oxygen atoms in total. The van der Waals surface area contributed by atoms with Crippen molar-refractivity contribution in [1.82, 2.24) is 10.2 Å². The molecular formula is C18H25BrN2. The van der Waals surface area contributed by atoms with Gasteiger partial charge in [-0.2, -0.15) is 0 Å². The topological polar surface area (TPSA) is 15.3 Å². The number of hydrogen-bond donors (Lipinski definition) is 1. The summed E-state index contributed by atoms with van der Waals surface area (Å²) in [7, 11) is 0. The van der Waals surface area contributed by atoms with Gasteiger partial charge in [0, 0.05) is 22.6 Å². The molecule has 2 atom stereocenters. The maximum atomic E-state index is 3.95. The Hall–Kier alpha value is -0.380. The minimum absolute atomic E-state index is 0.750. The molecule has 2 heterocycles. The molecule has 0 bridgehead atoms. The number of nitrogens with one attached hydrogen (secondary N) is 1. The van der Waals surface area contributed by atoms with E-state index in [0.717, 1.165) is 24.0 Å². The van der Waals surface area contributed by atoms with Crippen LogP contribution in [0.5, 0.6) is 0 Å². The Morgan fingerprint density at radius 3 is 2.71 bits per heavy atom. The monoisotopic (exact) mass is 348 g/mol. The van der Waals surface area contributed by atoms with E-state index in [4.69, 9.17) is 0 Å². The van der Waals surface area contributed by atoms with Gasteiger partial charge >= 0.3 is 0 Å². The van der Waals surface area contributed by atoms with Crippen LogP contribution in [0.3, 0.4) is 0 Å². The number of halogens is 1. The van der Waals surface area contributed by atoms with Gasteiger partial charge in [-0.25, -0.2) is 0 Å². The van der Waals surface area contributed by atoms with E-state index in [1.54, 1.807) is 0 Å². The Balaban J connectivity index is 1.28. The zero-order valence-electron chi connectivity index (χ0n) is 12.6. The van der Waals surface area contributed by atoms with E-state index in [2.05, 4.69) is 50.4 Å². The van der Waals surface area contributed by atoms with Crippen molar-refractivity contribution in [1.29, 1.82) is 0 Å². The van der Waals surface area contributed by atoms with Gasteiger partial charge in [0.25, 0.3) is 0 Å². The molecule has 3 aliphatic rings. The largest absolute Gasteiger partial charge is 0.311 e. The van der Waals surface area contributed by atoms with Crippen molar-refractivity contribution in [2.45, 2.75) is 62.6 Å². The number of piperidine rings is 1. The van der Waals surface area contributed by atoms with E-state index >= 15 is 0 Å². The standard InChI is InChI=1S/C18H25BrN2/c19-18-6-2-1-5-17(18)13-10-15(11-13)20-14-7-9-21-8-3-4-16(21)12-14/h1-2,5-6,13-16,20H,3-4,7-12H2. The Morgan fingerprint density at radius 1 is 1.00 bits per heavy atom. The van der Waals surface area contributed by atoms with Gasteiger partial charge in [0.1, 0.15) is 0 Å². The molecule has 21 heavy (non-hydrogen) atoms. The third-order valence-corrected chi connectivity index (χ3v) is 6.50. The summed E-state index contributed by atoms with van der Waals surface area (Å²) in [5, 5.41) is 3.95. The fourth-order valence-electron chi connectivity index (χ4n) is 4.52.